The van der Waals surface area contributed by atoms with E-state index >= 15 is 0 Å². The number of hydrogen-bond acceptors (Lipinski definition) is 4. The van der Waals surface area contributed by atoms with E-state index < -0.39 is 0 Å². The molecule has 1 unspecified atom stereocenters. The molecule has 100 valence electrons. The molecule has 1 aromatic carbocycles. The molecule has 1 aromatic heterocycles. The van der Waals surface area contributed by atoms with Gasteiger partial charge in [-0.15, -0.1) is 0 Å². The van der Waals surface area contributed by atoms with Gasteiger partial charge in [-0.3, -0.25) is 5.10 Å². The lowest BCUT2D eigenvalue weighted by atomic mass is 10.2. The van der Waals surface area contributed by atoms with Crippen molar-refractivity contribution >= 4 is 5.69 Å². The fourth-order valence-corrected chi connectivity index (χ4v) is 2.09. The quantitative estimate of drug-likeness (QED) is 0.889. The zero-order chi connectivity index (χ0) is 13.1. The molecule has 1 aliphatic heterocycles. The molecular formula is C14H17N3O2. The van der Waals surface area contributed by atoms with E-state index in [2.05, 4.69) is 22.4 Å². The Morgan fingerprint density at radius 2 is 2.05 bits per heavy atom. The second-order valence-corrected chi connectivity index (χ2v) is 4.59. The Kier molecular flexibility index (Phi) is 3.27. The van der Waals surface area contributed by atoms with Gasteiger partial charge in [0, 0.05) is 24.4 Å². The highest BCUT2D eigenvalue weighted by Gasteiger charge is 2.12. The first-order chi connectivity index (χ1) is 9.33. The Morgan fingerprint density at radius 3 is 2.84 bits per heavy atom. The van der Waals surface area contributed by atoms with Crippen molar-refractivity contribution in [2.45, 2.75) is 19.4 Å². The minimum atomic E-state index is 0.159. The van der Waals surface area contributed by atoms with E-state index in [0.717, 1.165) is 29.3 Å². The molecule has 5 nitrogen and oxygen atoms in total. The Bertz CT molecular complexity index is 540. The number of nitrogens with zero attached hydrogens (tertiary/aromatic N) is 1. The number of hydrogen-bond donors (Lipinski definition) is 2. The van der Waals surface area contributed by atoms with Gasteiger partial charge >= 0.3 is 0 Å². The van der Waals surface area contributed by atoms with Crippen LogP contribution in [0.25, 0.3) is 0 Å². The van der Waals surface area contributed by atoms with Crippen molar-refractivity contribution in [1.82, 2.24) is 10.2 Å². The number of aromatic nitrogens is 2. The number of rotatable bonds is 3. The lowest BCUT2D eigenvalue weighted by Gasteiger charge is -2.15. The monoisotopic (exact) mass is 259 g/mol. The normalized spacial score (nSPS) is 15.6. The third kappa shape index (κ3) is 2.65. The fourth-order valence-electron chi connectivity index (χ4n) is 2.09. The van der Waals surface area contributed by atoms with Crippen LogP contribution >= 0.6 is 0 Å². The maximum absolute atomic E-state index is 5.68. The average molecular weight is 259 g/mol. The zero-order valence-electron chi connectivity index (χ0n) is 10.8. The molecule has 0 aliphatic carbocycles. The number of nitrogens with one attached hydrogen (secondary N) is 2. The average Bonchev–Trinajstić information content (AvgIpc) is 2.85. The Morgan fingerprint density at radius 1 is 1.21 bits per heavy atom. The van der Waals surface area contributed by atoms with Gasteiger partial charge in [0.2, 0.25) is 0 Å². The van der Waals surface area contributed by atoms with Crippen LogP contribution in [-0.4, -0.2) is 23.4 Å². The Hall–Kier alpha value is -2.17. The van der Waals surface area contributed by atoms with E-state index in [1.54, 1.807) is 6.20 Å². The molecule has 19 heavy (non-hydrogen) atoms. The standard InChI is InChI=1S/C14H17N3O2/c1-10(12-5-6-15-17-12)16-11-3-4-13-14(9-11)19-8-2-7-18-13/h3-6,9-10,16H,2,7-8H2,1H3,(H,15,17). The van der Waals surface area contributed by atoms with Gasteiger partial charge in [0.25, 0.3) is 0 Å². The smallest absolute Gasteiger partial charge is 0.163 e. The lowest BCUT2D eigenvalue weighted by molar-refractivity contribution is 0.297. The van der Waals surface area contributed by atoms with E-state index in [-0.39, 0.29) is 6.04 Å². The lowest BCUT2D eigenvalue weighted by Crippen LogP contribution is -2.07. The first kappa shape index (κ1) is 11.9. The Balaban J connectivity index is 1.76. The fraction of sp³-hybridized carbons (Fsp3) is 0.357. The van der Waals surface area contributed by atoms with Crippen LogP contribution in [0.2, 0.25) is 0 Å². The largest absolute Gasteiger partial charge is 0.490 e. The Labute approximate surface area is 111 Å². The van der Waals surface area contributed by atoms with Crippen LogP contribution in [0.3, 0.4) is 0 Å². The SMILES string of the molecule is CC(Nc1ccc2c(c1)OCCCO2)c1ccn[nH]1. The summed E-state index contributed by atoms with van der Waals surface area (Å²) in [6.45, 7) is 3.49. The van der Waals surface area contributed by atoms with Gasteiger partial charge in [-0.1, -0.05) is 0 Å². The molecule has 2 aromatic rings. The number of aromatic amines is 1. The van der Waals surface area contributed by atoms with Crippen molar-refractivity contribution in [1.29, 1.82) is 0 Å². The van der Waals surface area contributed by atoms with Gasteiger partial charge in [0.05, 0.1) is 24.9 Å². The van der Waals surface area contributed by atoms with Gasteiger partial charge in [0.15, 0.2) is 11.5 Å². The topological polar surface area (TPSA) is 59.2 Å². The summed E-state index contributed by atoms with van der Waals surface area (Å²) >= 11 is 0. The predicted molar refractivity (Wildman–Crippen MR) is 72.7 cm³/mol. The summed E-state index contributed by atoms with van der Waals surface area (Å²) in [6.07, 6.45) is 2.67. The molecule has 0 saturated carbocycles. The maximum Gasteiger partial charge on any atom is 0.163 e. The third-order valence-electron chi connectivity index (χ3n) is 3.12. The number of ether oxygens (including phenoxy) is 2. The van der Waals surface area contributed by atoms with Gasteiger partial charge in [0.1, 0.15) is 0 Å². The number of benzene rings is 1. The van der Waals surface area contributed by atoms with E-state index in [4.69, 9.17) is 9.47 Å². The van der Waals surface area contributed by atoms with Gasteiger partial charge in [-0.25, -0.2) is 0 Å². The second-order valence-electron chi connectivity index (χ2n) is 4.59. The highest BCUT2D eigenvalue weighted by molar-refractivity contribution is 5.55. The first-order valence-electron chi connectivity index (χ1n) is 6.48. The van der Waals surface area contributed by atoms with E-state index in [1.807, 2.05) is 24.3 Å². The van der Waals surface area contributed by atoms with Gasteiger partial charge in [-0.05, 0) is 25.1 Å². The number of H-pyrrole nitrogens is 1. The third-order valence-corrected chi connectivity index (χ3v) is 3.12. The minimum absolute atomic E-state index is 0.159. The summed E-state index contributed by atoms with van der Waals surface area (Å²) < 4.78 is 11.3. The highest BCUT2D eigenvalue weighted by Crippen LogP contribution is 2.33. The highest BCUT2D eigenvalue weighted by atomic mass is 16.5. The number of fused-ring (bicyclic) bond motifs is 1. The van der Waals surface area contributed by atoms with Crippen LogP contribution in [-0.2, 0) is 0 Å². The maximum atomic E-state index is 5.68. The molecule has 1 aliphatic rings. The summed E-state index contributed by atoms with van der Waals surface area (Å²) in [7, 11) is 0. The summed E-state index contributed by atoms with van der Waals surface area (Å²) in [6, 6.07) is 8.05. The zero-order valence-corrected chi connectivity index (χ0v) is 10.8. The van der Waals surface area contributed by atoms with Crippen molar-refractivity contribution in [3.8, 4) is 11.5 Å². The summed E-state index contributed by atoms with van der Waals surface area (Å²) in [5.41, 5.74) is 2.05. The molecule has 0 bridgehead atoms. The molecule has 0 amide bonds. The van der Waals surface area contributed by atoms with E-state index in [0.29, 0.717) is 13.2 Å². The number of anilines is 1. The molecule has 0 fully saturated rings. The van der Waals surface area contributed by atoms with Crippen LogP contribution < -0.4 is 14.8 Å². The molecule has 5 heteroatoms. The molecule has 3 rings (SSSR count). The van der Waals surface area contributed by atoms with Gasteiger partial charge in [-0.2, -0.15) is 5.10 Å². The summed E-state index contributed by atoms with van der Waals surface area (Å²) in [4.78, 5) is 0. The summed E-state index contributed by atoms with van der Waals surface area (Å²) in [5.74, 6) is 1.62. The predicted octanol–water partition coefficient (Wildman–Crippen LogP) is 2.74. The van der Waals surface area contributed by atoms with Crippen LogP contribution in [0, 0.1) is 0 Å². The van der Waals surface area contributed by atoms with Crippen LogP contribution in [0.1, 0.15) is 25.1 Å². The van der Waals surface area contributed by atoms with Gasteiger partial charge < -0.3 is 14.8 Å². The van der Waals surface area contributed by atoms with Crippen LogP contribution in [0.4, 0.5) is 5.69 Å². The van der Waals surface area contributed by atoms with E-state index in [1.165, 1.54) is 0 Å². The molecule has 0 radical (unpaired) electrons. The molecule has 2 heterocycles. The van der Waals surface area contributed by atoms with Crippen molar-refractivity contribution in [3.63, 3.8) is 0 Å². The van der Waals surface area contributed by atoms with E-state index in [9.17, 15) is 0 Å². The van der Waals surface area contributed by atoms with Crippen molar-refractivity contribution in [2.24, 2.45) is 0 Å². The van der Waals surface area contributed by atoms with Crippen molar-refractivity contribution in [3.05, 3.63) is 36.2 Å². The molecular weight excluding hydrogens is 242 g/mol. The van der Waals surface area contributed by atoms with Crippen LogP contribution in [0.5, 0.6) is 11.5 Å². The first-order valence-corrected chi connectivity index (χ1v) is 6.48. The van der Waals surface area contributed by atoms with Crippen LogP contribution in [0.15, 0.2) is 30.5 Å². The second kappa shape index (κ2) is 5.22. The summed E-state index contributed by atoms with van der Waals surface area (Å²) in [5, 5.41) is 10.3. The molecule has 2 N–H and O–H groups in total. The molecule has 1 atom stereocenters. The van der Waals surface area contributed by atoms with Crippen molar-refractivity contribution in [2.75, 3.05) is 18.5 Å². The minimum Gasteiger partial charge on any atom is -0.490 e. The molecule has 0 spiro atoms. The molecule has 0 saturated heterocycles. The van der Waals surface area contributed by atoms with Crippen molar-refractivity contribution < 1.29 is 9.47 Å².